The first-order chi connectivity index (χ1) is 9.42. The average molecular weight is 251 g/mol. The minimum Gasteiger partial charge on any atom is -0.444 e. The maximum atomic E-state index is 5.25. The van der Waals surface area contributed by atoms with E-state index in [0.717, 1.165) is 29.1 Å². The first-order valence-electron chi connectivity index (χ1n) is 6.03. The molecule has 94 valence electrons. The summed E-state index contributed by atoms with van der Waals surface area (Å²) in [6.45, 7) is 0.759. The molecule has 0 aliphatic carbocycles. The van der Waals surface area contributed by atoms with E-state index in [2.05, 4.69) is 15.3 Å². The standard InChI is InChI=1S/C15H13N3O/c1-2-12(8-16-7-1)9-18-14-5-3-13(4-6-14)15-10-17-11-19-15/h1-8,10-11,18H,9H2. The summed E-state index contributed by atoms with van der Waals surface area (Å²) >= 11 is 0. The summed E-state index contributed by atoms with van der Waals surface area (Å²) in [6.07, 6.45) is 6.77. The molecule has 3 rings (SSSR count). The highest BCUT2D eigenvalue weighted by molar-refractivity contribution is 5.60. The third-order valence-electron chi connectivity index (χ3n) is 2.82. The molecule has 0 radical (unpaired) electrons. The van der Waals surface area contributed by atoms with Gasteiger partial charge in [-0.2, -0.15) is 0 Å². The number of oxazole rings is 1. The van der Waals surface area contributed by atoms with Gasteiger partial charge in [0.2, 0.25) is 0 Å². The number of rotatable bonds is 4. The van der Waals surface area contributed by atoms with Crippen molar-refractivity contribution in [3.8, 4) is 11.3 Å². The molecule has 0 bridgehead atoms. The van der Waals surface area contributed by atoms with Crippen LogP contribution in [-0.2, 0) is 6.54 Å². The number of pyridine rings is 1. The second kappa shape index (κ2) is 5.35. The molecular formula is C15H13N3O. The quantitative estimate of drug-likeness (QED) is 0.772. The number of nitrogens with one attached hydrogen (secondary N) is 1. The second-order valence-corrected chi connectivity index (χ2v) is 4.16. The summed E-state index contributed by atoms with van der Waals surface area (Å²) in [4.78, 5) is 7.99. The summed E-state index contributed by atoms with van der Waals surface area (Å²) in [6, 6.07) is 12.0. The van der Waals surface area contributed by atoms with Gasteiger partial charge in [-0.25, -0.2) is 4.98 Å². The molecule has 2 aromatic heterocycles. The van der Waals surface area contributed by atoms with Crippen LogP contribution in [0.2, 0.25) is 0 Å². The van der Waals surface area contributed by atoms with Gasteiger partial charge < -0.3 is 9.73 Å². The Bertz CT molecular complexity index is 618. The van der Waals surface area contributed by atoms with Crippen LogP contribution in [-0.4, -0.2) is 9.97 Å². The SMILES string of the molecule is c1cncc(CNc2ccc(-c3cnco3)cc2)c1. The lowest BCUT2D eigenvalue weighted by atomic mass is 10.1. The minimum atomic E-state index is 0.759. The van der Waals surface area contributed by atoms with Crippen LogP contribution in [0.3, 0.4) is 0 Å². The van der Waals surface area contributed by atoms with Gasteiger partial charge in [-0.05, 0) is 35.9 Å². The fourth-order valence-electron chi connectivity index (χ4n) is 1.82. The second-order valence-electron chi connectivity index (χ2n) is 4.16. The molecule has 0 saturated heterocycles. The van der Waals surface area contributed by atoms with Crippen molar-refractivity contribution in [2.24, 2.45) is 0 Å². The number of benzene rings is 1. The molecule has 0 amide bonds. The van der Waals surface area contributed by atoms with Gasteiger partial charge in [-0.15, -0.1) is 0 Å². The molecule has 19 heavy (non-hydrogen) atoms. The Kier molecular flexibility index (Phi) is 3.23. The molecule has 0 spiro atoms. The molecule has 3 aromatic rings. The Morgan fingerprint density at radius 2 is 1.89 bits per heavy atom. The molecule has 4 nitrogen and oxygen atoms in total. The smallest absolute Gasteiger partial charge is 0.181 e. The maximum Gasteiger partial charge on any atom is 0.181 e. The summed E-state index contributed by atoms with van der Waals surface area (Å²) in [5, 5.41) is 3.35. The number of anilines is 1. The van der Waals surface area contributed by atoms with Crippen LogP contribution in [0.5, 0.6) is 0 Å². The van der Waals surface area contributed by atoms with E-state index in [1.165, 1.54) is 6.39 Å². The van der Waals surface area contributed by atoms with E-state index in [1.54, 1.807) is 12.4 Å². The predicted molar refractivity (Wildman–Crippen MR) is 73.5 cm³/mol. The van der Waals surface area contributed by atoms with Crippen molar-refractivity contribution in [1.82, 2.24) is 9.97 Å². The lowest BCUT2D eigenvalue weighted by molar-refractivity contribution is 0.572. The number of hydrogen-bond donors (Lipinski definition) is 1. The molecule has 1 N–H and O–H groups in total. The topological polar surface area (TPSA) is 51.0 Å². The van der Waals surface area contributed by atoms with Gasteiger partial charge in [-0.3, -0.25) is 4.98 Å². The summed E-state index contributed by atoms with van der Waals surface area (Å²) < 4.78 is 5.25. The lowest BCUT2D eigenvalue weighted by Gasteiger charge is -2.06. The Morgan fingerprint density at radius 3 is 2.58 bits per heavy atom. The van der Waals surface area contributed by atoms with Crippen LogP contribution in [0.25, 0.3) is 11.3 Å². The third-order valence-corrected chi connectivity index (χ3v) is 2.82. The number of nitrogens with zero attached hydrogens (tertiary/aromatic N) is 2. The van der Waals surface area contributed by atoms with E-state index in [-0.39, 0.29) is 0 Å². The van der Waals surface area contributed by atoms with Crippen LogP contribution in [0, 0.1) is 0 Å². The van der Waals surface area contributed by atoms with E-state index >= 15 is 0 Å². The van der Waals surface area contributed by atoms with Gasteiger partial charge in [-0.1, -0.05) is 6.07 Å². The zero-order valence-electron chi connectivity index (χ0n) is 10.3. The van der Waals surface area contributed by atoms with Gasteiger partial charge in [0.15, 0.2) is 12.2 Å². The maximum absolute atomic E-state index is 5.25. The van der Waals surface area contributed by atoms with E-state index in [0.29, 0.717) is 0 Å². The van der Waals surface area contributed by atoms with Crippen molar-refractivity contribution < 1.29 is 4.42 Å². The van der Waals surface area contributed by atoms with Crippen LogP contribution >= 0.6 is 0 Å². The molecule has 0 aliphatic heterocycles. The van der Waals surface area contributed by atoms with Crippen molar-refractivity contribution in [3.63, 3.8) is 0 Å². The van der Waals surface area contributed by atoms with Crippen molar-refractivity contribution in [2.75, 3.05) is 5.32 Å². The summed E-state index contributed by atoms with van der Waals surface area (Å²) in [7, 11) is 0. The van der Waals surface area contributed by atoms with E-state index in [4.69, 9.17) is 4.42 Å². The number of aromatic nitrogens is 2. The Labute approximate surface area is 111 Å². The predicted octanol–water partition coefficient (Wildman–Crippen LogP) is 3.35. The third kappa shape index (κ3) is 2.80. The number of hydrogen-bond acceptors (Lipinski definition) is 4. The Balaban J connectivity index is 1.67. The zero-order valence-corrected chi connectivity index (χ0v) is 10.3. The molecule has 0 fully saturated rings. The lowest BCUT2D eigenvalue weighted by Crippen LogP contribution is -1.99. The van der Waals surface area contributed by atoms with Crippen molar-refractivity contribution >= 4 is 5.69 Å². The largest absolute Gasteiger partial charge is 0.444 e. The van der Waals surface area contributed by atoms with E-state index < -0.39 is 0 Å². The van der Waals surface area contributed by atoms with Crippen molar-refractivity contribution in [1.29, 1.82) is 0 Å². The average Bonchev–Trinajstić information content (AvgIpc) is 3.01. The van der Waals surface area contributed by atoms with Gasteiger partial charge in [0.1, 0.15) is 0 Å². The fourth-order valence-corrected chi connectivity index (χ4v) is 1.82. The fraction of sp³-hybridized carbons (Fsp3) is 0.0667. The van der Waals surface area contributed by atoms with Crippen LogP contribution in [0.4, 0.5) is 5.69 Å². The first-order valence-corrected chi connectivity index (χ1v) is 6.03. The van der Waals surface area contributed by atoms with Gasteiger partial charge >= 0.3 is 0 Å². The highest BCUT2D eigenvalue weighted by Crippen LogP contribution is 2.20. The molecular weight excluding hydrogens is 238 g/mol. The zero-order chi connectivity index (χ0) is 12.9. The van der Waals surface area contributed by atoms with Gasteiger partial charge in [0.25, 0.3) is 0 Å². The van der Waals surface area contributed by atoms with E-state index in [1.807, 2.05) is 42.6 Å². The molecule has 4 heteroatoms. The van der Waals surface area contributed by atoms with Gasteiger partial charge in [0, 0.05) is 30.2 Å². The highest BCUT2D eigenvalue weighted by Gasteiger charge is 2.01. The van der Waals surface area contributed by atoms with Crippen LogP contribution in [0.1, 0.15) is 5.56 Å². The van der Waals surface area contributed by atoms with Gasteiger partial charge in [0.05, 0.1) is 6.20 Å². The molecule has 0 atom stereocenters. The molecule has 2 heterocycles. The normalized spacial score (nSPS) is 10.3. The summed E-state index contributed by atoms with van der Waals surface area (Å²) in [5.41, 5.74) is 3.23. The molecule has 1 aromatic carbocycles. The Hall–Kier alpha value is -2.62. The van der Waals surface area contributed by atoms with Crippen molar-refractivity contribution in [2.45, 2.75) is 6.54 Å². The first kappa shape index (κ1) is 11.5. The van der Waals surface area contributed by atoms with E-state index in [9.17, 15) is 0 Å². The molecule has 0 aliphatic rings. The minimum absolute atomic E-state index is 0.759. The van der Waals surface area contributed by atoms with Crippen molar-refractivity contribution in [3.05, 3.63) is 66.9 Å². The highest BCUT2D eigenvalue weighted by atomic mass is 16.3. The Morgan fingerprint density at radius 1 is 1.00 bits per heavy atom. The monoisotopic (exact) mass is 251 g/mol. The summed E-state index contributed by atoms with van der Waals surface area (Å²) in [5.74, 6) is 0.777. The van der Waals surface area contributed by atoms with Crippen LogP contribution in [0.15, 0.2) is 65.8 Å². The molecule has 0 saturated carbocycles. The molecule has 0 unspecified atom stereocenters. The van der Waals surface area contributed by atoms with Crippen LogP contribution < -0.4 is 5.32 Å².